The van der Waals surface area contributed by atoms with Crippen LogP contribution in [-0.4, -0.2) is 18.5 Å². The Morgan fingerprint density at radius 1 is 1.52 bits per heavy atom. The van der Waals surface area contributed by atoms with Gasteiger partial charge in [-0.3, -0.25) is 4.79 Å². The van der Waals surface area contributed by atoms with Crippen LogP contribution in [0.15, 0.2) is 28.4 Å². The van der Waals surface area contributed by atoms with E-state index in [2.05, 4.69) is 12.2 Å². The molecule has 3 rings (SSSR count). The SMILES string of the molecule is CCOC(=O)c1c(NC(=O)/C(C#N)=C/c2ccco2)sc2c1CC[C@H](C)C2. The fraction of sp³-hybridized carbons (Fsp3) is 0.350. The zero-order chi connectivity index (χ0) is 19.4. The third-order valence-corrected chi connectivity index (χ3v) is 5.58. The van der Waals surface area contributed by atoms with Gasteiger partial charge in [-0.1, -0.05) is 6.92 Å². The van der Waals surface area contributed by atoms with Gasteiger partial charge in [0.2, 0.25) is 0 Å². The van der Waals surface area contributed by atoms with Gasteiger partial charge in [0.1, 0.15) is 22.4 Å². The standard InChI is InChI=1S/C20H20N2O4S/c1-3-25-20(24)17-15-7-6-12(2)9-16(15)27-19(17)22-18(23)13(11-21)10-14-5-4-8-26-14/h4-5,8,10,12H,3,6-7,9H2,1-2H3,(H,22,23)/b13-10+/t12-/m0/s1. The van der Waals surface area contributed by atoms with Crippen LogP contribution in [0.1, 0.15) is 46.8 Å². The first-order valence-corrected chi connectivity index (χ1v) is 9.63. The summed E-state index contributed by atoms with van der Waals surface area (Å²) < 4.78 is 10.4. The summed E-state index contributed by atoms with van der Waals surface area (Å²) in [6.07, 6.45) is 5.48. The lowest BCUT2D eigenvalue weighted by Crippen LogP contribution is -2.17. The fourth-order valence-corrected chi connectivity index (χ4v) is 4.49. The Kier molecular flexibility index (Phi) is 5.77. The van der Waals surface area contributed by atoms with E-state index in [4.69, 9.17) is 9.15 Å². The number of nitrogens with one attached hydrogen (secondary N) is 1. The van der Waals surface area contributed by atoms with Crippen LogP contribution in [0.2, 0.25) is 0 Å². The van der Waals surface area contributed by atoms with Crippen molar-refractivity contribution in [2.45, 2.75) is 33.1 Å². The van der Waals surface area contributed by atoms with Gasteiger partial charge < -0.3 is 14.5 Å². The van der Waals surface area contributed by atoms with E-state index in [9.17, 15) is 14.9 Å². The summed E-state index contributed by atoms with van der Waals surface area (Å²) in [6.45, 7) is 4.18. The molecule has 2 aromatic rings. The highest BCUT2D eigenvalue weighted by Gasteiger charge is 2.29. The summed E-state index contributed by atoms with van der Waals surface area (Å²) in [6, 6.07) is 5.21. The van der Waals surface area contributed by atoms with Gasteiger partial charge in [0.05, 0.1) is 18.4 Å². The number of nitriles is 1. The van der Waals surface area contributed by atoms with Crippen LogP contribution in [0.25, 0.3) is 6.08 Å². The maximum Gasteiger partial charge on any atom is 0.341 e. The van der Waals surface area contributed by atoms with E-state index in [-0.39, 0.29) is 12.2 Å². The molecule has 0 saturated heterocycles. The number of fused-ring (bicyclic) bond motifs is 1. The fourth-order valence-electron chi connectivity index (χ4n) is 3.09. The Balaban J connectivity index is 1.92. The Bertz CT molecular complexity index is 919. The maximum absolute atomic E-state index is 12.6. The highest BCUT2D eigenvalue weighted by Crippen LogP contribution is 2.40. The molecule has 140 valence electrons. The molecular weight excluding hydrogens is 364 g/mol. The Labute approximate surface area is 161 Å². The van der Waals surface area contributed by atoms with Crippen LogP contribution in [0.3, 0.4) is 0 Å². The van der Waals surface area contributed by atoms with Crippen LogP contribution in [-0.2, 0) is 22.4 Å². The van der Waals surface area contributed by atoms with Crippen LogP contribution in [0.5, 0.6) is 0 Å². The number of furan rings is 1. The molecule has 27 heavy (non-hydrogen) atoms. The van der Waals surface area contributed by atoms with Crippen molar-refractivity contribution < 1.29 is 18.7 Å². The van der Waals surface area contributed by atoms with Gasteiger partial charge in [0, 0.05) is 11.0 Å². The van der Waals surface area contributed by atoms with Crippen molar-refractivity contribution in [2.24, 2.45) is 5.92 Å². The smallest absolute Gasteiger partial charge is 0.341 e. The van der Waals surface area contributed by atoms with Crippen molar-refractivity contribution in [1.29, 1.82) is 5.26 Å². The molecule has 1 amide bonds. The monoisotopic (exact) mass is 384 g/mol. The van der Waals surface area contributed by atoms with Gasteiger partial charge in [-0.05, 0) is 49.8 Å². The number of esters is 1. The Hall–Kier alpha value is -2.85. The number of carbonyl (C=O) groups excluding carboxylic acids is 2. The molecule has 1 atom stereocenters. The van der Waals surface area contributed by atoms with Crippen molar-refractivity contribution in [2.75, 3.05) is 11.9 Å². The van der Waals surface area contributed by atoms with Gasteiger partial charge >= 0.3 is 5.97 Å². The van der Waals surface area contributed by atoms with Crippen molar-refractivity contribution in [3.63, 3.8) is 0 Å². The number of amides is 1. The second-order valence-corrected chi connectivity index (χ2v) is 7.52. The molecule has 1 aliphatic rings. The number of anilines is 1. The molecule has 0 spiro atoms. The molecule has 2 aromatic heterocycles. The quantitative estimate of drug-likeness (QED) is 0.474. The van der Waals surface area contributed by atoms with Gasteiger partial charge in [0.15, 0.2) is 0 Å². The van der Waals surface area contributed by atoms with Gasteiger partial charge in [-0.15, -0.1) is 11.3 Å². The number of ether oxygens (including phenoxy) is 1. The molecule has 2 heterocycles. The average molecular weight is 384 g/mol. The molecule has 7 heteroatoms. The van der Waals surface area contributed by atoms with Crippen molar-refractivity contribution in [1.82, 2.24) is 0 Å². The van der Waals surface area contributed by atoms with Crippen molar-refractivity contribution in [3.8, 4) is 6.07 Å². The molecule has 0 unspecified atom stereocenters. The van der Waals surface area contributed by atoms with E-state index in [0.717, 1.165) is 29.7 Å². The summed E-state index contributed by atoms with van der Waals surface area (Å²) in [5, 5.41) is 12.5. The number of rotatable bonds is 5. The summed E-state index contributed by atoms with van der Waals surface area (Å²) >= 11 is 1.39. The topological polar surface area (TPSA) is 92.3 Å². The number of carbonyl (C=O) groups is 2. The first kappa shape index (κ1) is 18.9. The number of nitrogens with zero attached hydrogens (tertiary/aromatic N) is 1. The van der Waals surface area contributed by atoms with Gasteiger partial charge in [-0.25, -0.2) is 4.79 Å². The largest absolute Gasteiger partial charge is 0.465 e. The summed E-state index contributed by atoms with van der Waals surface area (Å²) in [4.78, 5) is 26.2. The lowest BCUT2D eigenvalue weighted by atomic mass is 9.88. The van der Waals surface area contributed by atoms with Crippen LogP contribution >= 0.6 is 11.3 Å². The zero-order valence-corrected chi connectivity index (χ0v) is 16.0. The van der Waals surface area contributed by atoms with Gasteiger partial charge in [-0.2, -0.15) is 5.26 Å². The molecular formula is C20H20N2O4S. The van der Waals surface area contributed by atoms with E-state index in [1.807, 2.05) is 6.07 Å². The first-order chi connectivity index (χ1) is 13.0. The second-order valence-electron chi connectivity index (χ2n) is 6.42. The Morgan fingerprint density at radius 2 is 2.33 bits per heavy atom. The van der Waals surface area contributed by atoms with Crippen molar-refractivity contribution >= 4 is 34.3 Å². The minimum atomic E-state index is -0.578. The zero-order valence-electron chi connectivity index (χ0n) is 15.2. The predicted molar refractivity (Wildman–Crippen MR) is 102 cm³/mol. The molecule has 0 saturated carbocycles. The normalized spacial score (nSPS) is 16.3. The van der Waals surface area contributed by atoms with E-state index >= 15 is 0 Å². The maximum atomic E-state index is 12.6. The number of hydrogen-bond donors (Lipinski definition) is 1. The molecule has 0 fully saturated rings. The van der Waals surface area contributed by atoms with E-state index in [1.54, 1.807) is 19.1 Å². The van der Waals surface area contributed by atoms with Crippen LogP contribution in [0.4, 0.5) is 5.00 Å². The highest BCUT2D eigenvalue weighted by atomic mass is 32.1. The second kappa shape index (κ2) is 8.23. The van der Waals surface area contributed by atoms with E-state index < -0.39 is 11.9 Å². The van der Waals surface area contributed by atoms with Crippen molar-refractivity contribution in [3.05, 3.63) is 45.7 Å². The summed E-state index contributed by atoms with van der Waals surface area (Å²) in [5.74, 6) is -0.0747. The number of hydrogen-bond acceptors (Lipinski definition) is 6. The minimum absolute atomic E-state index is 0.0977. The molecule has 0 bridgehead atoms. The number of thiophene rings is 1. The van der Waals surface area contributed by atoms with Crippen LogP contribution in [0, 0.1) is 17.2 Å². The first-order valence-electron chi connectivity index (χ1n) is 8.81. The predicted octanol–water partition coefficient (Wildman–Crippen LogP) is 4.19. The average Bonchev–Trinajstić information content (AvgIpc) is 3.26. The third kappa shape index (κ3) is 4.12. The van der Waals surface area contributed by atoms with Crippen LogP contribution < -0.4 is 5.32 Å². The van der Waals surface area contributed by atoms with E-state index in [0.29, 0.717) is 22.2 Å². The molecule has 6 nitrogen and oxygen atoms in total. The summed E-state index contributed by atoms with van der Waals surface area (Å²) in [7, 11) is 0. The third-order valence-electron chi connectivity index (χ3n) is 4.41. The van der Waals surface area contributed by atoms with Gasteiger partial charge in [0.25, 0.3) is 5.91 Å². The minimum Gasteiger partial charge on any atom is -0.465 e. The molecule has 0 aliphatic heterocycles. The lowest BCUT2D eigenvalue weighted by molar-refractivity contribution is -0.112. The lowest BCUT2D eigenvalue weighted by Gasteiger charge is -2.18. The van der Waals surface area contributed by atoms with E-state index in [1.165, 1.54) is 23.7 Å². The molecule has 0 radical (unpaired) electrons. The Morgan fingerprint density at radius 3 is 3.00 bits per heavy atom. The summed E-state index contributed by atoms with van der Waals surface area (Å²) in [5.41, 5.74) is 1.28. The highest BCUT2D eigenvalue weighted by molar-refractivity contribution is 7.17. The molecule has 1 aliphatic carbocycles. The molecule has 0 aromatic carbocycles. The molecule has 1 N–H and O–H groups in total.